The fraction of sp³-hybridized carbons (Fsp3) is 0.889. The van der Waals surface area contributed by atoms with Crippen molar-refractivity contribution in [2.75, 3.05) is 6.54 Å². The Morgan fingerprint density at radius 2 is 1.90 bits per heavy atom. The van der Waals surface area contributed by atoms with Crippen molar-refractivity contribution in [3.63, 3.8) is 0 Å². The number of hydrogen-bond acceptors (Lipinski definition) is 3. The summed E-state index contributed by atoms with van der Waals surface area (Å²) >= 11 is 0. The number of allylic oxidation sites excluding steroid dienone is 1. The molecule has 1 spiro atoms. The van der Waals surface area contributed by atoms with E-state index in [0.717, 1.165) is 48.5 Å². The van der Waals surface area contributed by atoms with Crippen LogP contribution in [0, 0.1) is 46.3 Å². The van der Waals surface area contributed by atoms with Crippen LogP contribution in [-0.4, -0.2) is 35.1 Å². The molecule has 4 aliphatic carbocycles. The highest BCUT2D eigenvalue weighted by Gasteiger charge is 2.78. The maximum Gasteiger partial charge on any atom is 0.155 e. The van der Waals surface area contributed by atoms with E-state index in [2.05, 4.69) is 38.7 Å². The highest BCUT2D eigenvalue weighted by molar-refractivity contribution is 5.91. The van der Waals surface area contributed by atoms with E-state index in [0.29, 0.717) is 28.6 Å². The van der Waals surface area contributed by atoms with E-state index in [1.165, 1.54) is 50.6 Å². The molecule has 0 aromatic heterocycles. The third-order valence-electron chi connectivity index (χ3n) is 12.0. The summed E-state index contributed by atoms with van der Waals surface area (Å²) in [5.41, 5.74) is 2.41. The Hall–Kier alpha value is -0.670. The lowest BCUT2D eigenvalue weighted by molar-refractivity contribution is -0.117. The quantitative estimate of drug-likeness (QED) is 0.516. The van der Waals surface area contributed by atoms with Gasteiger partial charge in [0.1, 0.15) is 6.10 Å². The lowest BCUT2D eigenvalue weighted by Crippen LogP contribution is -2.52. The normalized spacial score (nSPS) is 61.2. The molecule has 3 nitrogen and oxygen atoms in total. The minimum absolute atomic E-state index is 0.116. The molecule has 0 radical (unpaired) electrons. The molecule has 164 valence electrons. The number of piperidine rings is 1. The highest BCUT2D eigenvalue weighted by Crippen LogP contribution is 2.73. The summed E-state index contributed by atoms with van der Waals surface area (Å²) in [6.07, 6.45) is 12.4. The predicted octanol–water partition coefficient (Wildman–Crippen LogP) is 5.20. The third kappa shape index (κ3) is 2.00. The van der Waals surface area contributed by atoms with Gasteiger partial charge in [-0.1, -0.05) is 33.3 Å². The fourth-order valence-electron chi connectivity index (χ4n) is 10.7. The van der Waals surface area contributed by atoms with E-state index in [4.69, 9.17) is 4.74 Å². The molecule has 0 N–H and O–H groups in total. The van der Waals surface area contributed by atoms with Gasteiger partial charge < -0.3 is 4.74 Å². The van der Waals surface area contributed by atoms with Gasteiger partial charge in [-0.2, -0.15) is 0 Å². The van der Waals surface area contributed by atoms with Crippen LogP contribution in [0.15, 0.2) is 11.6 Å². The molecular weight excluding hydrogens is 370 g/mol. The van der Waals surface area contributed by atoms with Crippen LogP contribution >= 0.6 is 0 Å². The monoisotopic (exact) mass is 409 g/mol. The Labute approximate surface area is 182 Å². The molecule has 3 saturated heterocycles. The van der Waals surface area contributed by atoms with Crippen LogP contribution < -0.4 is 0 Å². The van der Waals surface area contributed by atoms with Crippen LogP contribution in [0.25, 0.3) is 0 Å². The zero-order chi connectivity index (χ0) is 20.6. The van der Waals surface area contributed by atoms with Crippen molar-refractivity contribution >= 4 is 5.78 Å². The molecule has 11 atom stereocenters. The first kappa shape index (κ1) is 18.9. The Morgan fingerprint density at radius 3 is 2.73 bits per heavy atom. The molecule has 0 aromatic carbocycles. The van der Waals surface area contributed by atoms with Gasteiger partial charge in [-0.05, 0) is 91.4 Å². The second kappa shape index (κ2) is 5.63. The van der Waals surface area contributed by atoms with Crippen LogP contribution in [0.4, 0.5) is 0 Å². The summed E-state index contributed by atoms with van der Waals surface area (Å²) in [4.78, 5) is 15.0. The van der Waals surface area contributed by atoms with Gasteiger partial charge in [-0.25, -0.2) is 0 Å². The first-order valence-electron chi connectivity index (χ1n) is 13.0. The van der Waals surface area contributed by atoms with Gasteiger partial charge in [0.05, 0.1) is 0 Å². The van der Waals surface area contributed by atoms with Gasteiger partial charge >= 0.3 is 0 Å². The molecule has 3 heteroatoms. The lowest BCUT2D eigenvalue weighted by Gasteiger charge is -2.58. The summed E-state index contributed by atoms with van der Waals surface area (Å²) in [7, 11) is 0. The van der Waals surface area contributed by atoms with E-state index < -0.39 is 0 Å². The second-order valence-electron chi connectivity index (χ2n) is 13.0. The molecular formula is C27H39NO2. The summed E-state index contributed by atoms with van der Waals surface area (Å²) < 4.78 is 6.52. The number of fused-ring (bicyclic) bond motifs is 8. The van der Waals surface area contributed by atoms with Gasteiger partial charge in [0.15, 0.2) is 11.5 Å². The number of epoxide rings is 1. The van der Waals surface area contributed by atoms with E-state index in [-0.39, 0.29) is 5.72 Å². The van der Waals surface area contributed by atoms with Crippen molar-refractivity contribution < 1.29 is 9.53 Å². The van der Waals surface area contributed by atoms with Crippen LogP contribution in [0.5, 0.6) is 0 Å². The SMILES string of the molecule is C[C@H]1C[C@@H]2O[C@@]23[C@@H](C)[C@H]2[C@H](C[C@H]4[C@@H]5CCC6=CC(=O)CC[C@]6(C)[C@H]5CC[C@]24C)N3C1. The summed E-state index contributed by atoms with van der Waals surface area (Å²) in [6, 6.07) is 0.749. The molecule has 0 bridgehead atoms. The highest BCUT2D eigenvalue weighted by atomic mass is 16.6. The Balaban J connectivity index is 1.24. The number of rotatable bonds is 0. The minimum Gasteiger partial charge on any atom is -0.350 e. The molecule has 0 aromatic rings. The molecule has 0 amide bonds. The number of nitrogens with zero attached hydrogens (tertiary/aromatic N) is 1. The zero-order valence-electron chi connectivity index (χ0n) is 19.3. The van der Waals surface area contributed by atoms with E-state index >= 15 is 0 Å². The van der Waals surface area contributed by atoms with Gasteiger partial charge in [0.25, 0.3) is 0 Å². The maximum absolute atomic E-state index is 12.1. The van der Waals surface area contributed by atoms with Crippen molar-refractivity contribution in [3.05, 3.63) is 11.6 Å². The van der Waals surface area contributed by atoms with Gasteiger partial charge in [0, 0.05) is 24.9 Å². The maximum atomic E-state index is 12.1. The Bertz CT molecular complexity index is 850. The molecule has 7 rings (SSSR count). The first-order valence-corrected chi connectivity index (χ1v) is 13.0. The number of hydrogen-bond donors (Lipinski definition) is 0. The van der Waals surface area contributed by atoms with E-state index in [1.807, 2.05) is 0 Å². The van der Waals surface area contributed by atoms with Crippen LogP contribution in [-0.2, 0) is 9.53 Å². The van der Waals surface area contributed by atoms with Crippen molar-refractivity contribution in [1.82, 2.24) is 4.90 Å². The second-order valence-corrected chi connectivity index (χ2v) is 13.0. The van der Waals surface area contributed by atoms with Gasteiger partial charge in [-0.3, -0.25) is 9.69 Å². The lowest BCUT2D eigenvalue weighted by atomic mass is 9.46. The summed E-state index contributed by atoms with van der Waals surface area (Å²) in [5, 5.41) is 0. The Kier molecular flexibility index (Phi) is 3.54. The van der Waals surface area contributed by atoms with Crippen LogP contribution in [0.3, 0.4) is 0 Å². The summed E-state index contributed by atoms with van der Waals surface area (Å²) in [6.45, 7) is 11.4. The molecule has 30 heavy (non-hydrogen) atoms. The number of ether oxygens (including phenoxy) is 1. The number of carbonyl (C=O) groups is 1. The topological polar surface area (TPSA) is 32.8 Å². The van der Waals surface area contributed by atoms with E-state index in [9.17, 15) is 4.79 Å². The van der Waals surface area contributed by atoms with Crippen molar-refractivity contribution in [2.45, 2.75) is 96.9 Å². The first-order chi connectivity index (χ1) is 14.3. The van der Waals surface area contributed by atoms with Crippen LogP contribution in [0.1, 0.15) is 79.1 Å². The number of carbonyl (C=O) groups excluding carboxylic acids is 1. The van der Waals surface area contributed by atoms with Gasteiger partial charge in [-0.15, -0.1) is 0 Å². The smallest absolute Gasteiger partial charge is 0.155 e. The Morgan fingerprint density at radius 1 is 1.07 bits per heavy atom. The average molecular weight is 410 g/mol. The fourth-order valence-corrected chi connectivity index (χ4v) is 10.7. The third-order valence-corrected chi connectivity index (χ3v) is 12.0. The van der Waals surface area contributed by atoms with Crippen molar-refractivity contribution in [1.29, 1.82) is 0 Å². The zero-order valence-corrected chi connectivity index (χ0v) is 19.3. The molecule has 3 saturated carbocycles. The van der Waals surface area contributed by atoms with E-state index in [1.54, 1.807) is 0 Å². The summed E-state index contributed by atoms with van der Waals surface area (Å²) in [5.74, 6) is 5.21. The molecule has 0 unspecified atom stereocenters. The van der Waals surface area contributed by atoms with Crippen molar-refractivity contribution in [3.8, 4) is 0 Å². The predicted molar refractivity (Wildman–Crippen MR) is 117 cm³/mol. The van der Waals surface area contributed by atoms with Crippen LogP contribution in [0.2, 0.25) is 0 Å². The molecule has 7 aliphatic rings. The largest absolute Gasteiger partial charge is 0.350 e. The van der Waals surface area contributed by atoms with Gasteiger partial charge in [0.2, 0.25) is 0 Å². The average Bonchev–Trinajstić information content (AvgIpc) is 3.28. The molecule has 3 aliphatic heterocycles. The molecule has 6 fully saturated rings. The number of ketones is 1. The minimum atomic E-state index is 0.116. The molecule has 3 heterocycles. The standard InChI is InChI=1S/C27H39NO2/c1-15-11-23-27(30-23)16(2)24-22(28(27)14-15)13-21-19-6-5-17-12-18(29)7-9-25(17,3)20(19)8-10-26(21,24)4/h12,15-16,19-24H,5-11,13-14H2,1-4H3/t15-,16-,19+,20-,21-,22-,23-,24-,25-,26-,27-/m0/s1. The van der Waals surface area contributed by atoms with Crippen molar-refractivity contribution in [2.24, 2.45) is 46.3 Å².